The summed E-state index contributed by atoms with van der Waals surface area (Å²) in [7, 11) is 4.89. The highest BCUT2D eigenvalue weighted by atomic mass is 32.1. The minimum Gasteiger partial charge on any atom is -0.497 e. The molecule has 2 aromatic carbocycles. The van der Waals surface area contributed by atoms with Crippen molar-refractivity contribution in [2.75, 3.05) is 21.3 Å². The molecule has 0 fully saturated rings. The summed E-state index contributed by atoms with van der Waals surface area (Å²) < 4.78 is 21.1. The fourth-order valence-electron chi connectivity index (χ4n) is 2.79. The molecule has 3 aromatic rings. The molecule has 3 rings (SSSR count). The van der Waals surface area contributed by atoms with Gasteiger partial charge in [0, 0.05) is 17.0 Å². The van der Waals surface area contributed by atoms with E-state index in [0.717, 1.165) is 28.8 Å². The minimum absolute atomic E-state index is 0.622. The summed E-state index contributed by atoms with van der Waals surface area (Å²) in [6.07, 6.45) is 1.02. The van der Waals surface area contributed by atoms with Crippen molar-refractivity contribution in [2.24, 2.45) is 0 Å². The molecular formula is C20H21NO3S. The van der Waals surface area contributed by atoms with Gasteiger partial charge < -0.3 is 14.2 Å². The van der Waals surface area contributed by atoms with E-state index in [4.69, 9.17) is 14.2 Å². The zero-order valence-corrected chi connectivity index (χ0v) is 15.6. The van der Waals surface area contributed by atoms with Crippen LogP contribution in [0.15, 0.2) is 41.8 Å². The summed E-state index contributed by atoms with van der Waals surface area (Å²) in [6.45, 7) is 2.15. The van der Waals surface area contributed by atoms with Gasteiger partial charge in [-0.25, -0.2) is 0 Å². The molecule has 0 saturated heterocycles. The first-order chi connectivity index (χ1) is 12.2. The number of hydrogen-bond donors (Lipinski definition) is 0. The van der Waals surface area contributed by atoms with Crippen molar-refractivity contribution < 1.29 is 14.2 Å². The van der Waals surface area contributed by atoms with Crippen molar-refractivity contribution in [3.05, 3.63) is 47.3 Å². The van der Waals surface area contributed by atoms with Crippen molar-refractivity contribution in [1.82, 2.24) is 4.37 Å². The largest absolute Gasteiger partial charge is 0.497 e. The number of rotatable bonds is 6. The third-order valence-electron chi connectivity index (χ3n) is 4.19. The Morgan fingerprint density at radius 3 is 2.28 bits per heavy atom. The quantitative estimate of drug-likeness (QED) is 0.619. The van der Waals surface area contributed by atoms with Gasteiger partial charge in [0.05, 0.1) is 32.6 Å². The van der Waals surface area contributed by atoms with Crippen LogP contribution < -0.4 is 14.2 Å². The SMILES string of the molecule is CCc1ccc(-c2csnc2-c2cc(OC)cc(OC)c2OC)cc1. The fraction of sp³-hybridized carbons (Fsp3) is 0.250. The van der Waals surface area contributed by atoms with Crippen molar-refractivity contribution in [3.8, 4) is 39.6 Å². The molecule has 0 N–H and O–H groups in total. The summed E-state index contributed by atoms with van der Waals surface area (Å²) in [5.41, 5.74) is 5.23. The number of aromatic nitrogens is 1. The lowest BCUT2D eigenvalue weighted by molar-refractivity contribution is 0.350. The van der Waals surface area contributed by atoms with Gasteiger partial charge in [-0.05, 0) is 35.1 Å². The van der Waals surface area contributed by atoms with Crippen molar-refractivity contribution >= 4 is 11.5 Å². The van der Waals surface area contributed by atoms with E-state index in [1.165, 1.54) is 17.1 Å². The Balaban J connectivity index is 2.16. The molecule has 1 aromatic heterocycles. The number of aryl methyl sites for hydroxylation is 1. The highest BCUT2D eigenvalue weighted by Crippen LogP contribution is 2.44. The van der Waals surface area contributed by atoms with Gasteiger partial charge in [-0.2, -0.15) is 4.37 Å². The summed E-state index contributed by atoms with van der Waals surface area (Å²) in [5.74, 6) is 1.98. The molecule has 0 amide bonds. The highest BCUT2D eigenvalue weighted by molar-refractivity contribution is 7.04. The van der Waals surface area contributed by atoms with Gasteiger partial charge in [0.1, 0.15) is 5.75 Å². The minimum atomic E-state index is 0.622. The highest BCUT2D eigenvalue weighted by Gasteiger charge is 2.20. The monoisotopic (exact) mass is 355 g/mol. The second kappa shape index (κ2) is 7.57. The molecule has 130 valence electrons. The van der Waals surface area contributed by atoms with Crippen LogP contribution >= 0.6 is 11.5 Å². The number of benzene rings is 2. The van der Waals surface area contributed by atoms with Crippen molar-refractivity contribution in [2.45, 2.75) is 13.3 Å². The van der Waals surface area contributed by atoms with Gasteiger partial charge in [-0.15, -0.1) is 0 Å². The molecule has 0 aliphatic rings. The van der Waals surface area contributed by atoms with E-state index in [9.17, 15) is 0 Å². The van der Waals surface area contributed by atoms with Crippen LogP contribution in [0.5, 0.6) is 17.2 Å². The molecule has 1 heterocycles. The van der Waals surface area contributed by atoms with E-state index in [-0.39, 0.29) is 0 Å². The zero-order valence-electron chi connectivity index (χ0n) is 14.8. The number of nitrogens with zero attached hydrogens (tertiary/aromatic N) is 1. The molecule has 0 atom stereocenters. The maximum Gasteiger partial charge on any atom is 0.170 e. The van der Waals surface area contributed by atoms with Crippen LogP contribution in [0.1, 0.15) is 12.5 Å². The molecule has 0 spiro atoms. The Labute approximate surface area is 152 Å². The molecule has 0 unspecified atom stereocenters. The van der Waals surface area contributed by atoms with Crippen LogP contribution in [0.25, 0.3) is 22.4 Å². The van der Waals surface area contributed by atoms with Gasteiger partial charge in [-0.3, -0.25) is 0 Å². The maximum atomic E-state index is 5.60. The fourth-order valence-corrected chi connectivity index (χ4v) is 3.50. The summed E-state index contributed by atoms with van der Waals surface area (Å²) in [6, 6.07) is 12.3. The molecule has 0 bridgehead atoms. The number of hydrogen-bond acceptors (Lipinski definition) is 5. The second-order valence-corrected chi connectivity index (χ2v) is 6.17. The summed E-state index contributed by atoms with van der Waals surface area (Å²) in [5, 5.41) is 2.06. The molecule has 0 aliphatic heterocycles. The van der Waals surface area contributed by atoms with Crippen LogP contribution in [0.4, 0.5) is 0 Å². The number of ether oxygens (including phenoxy) is 3. The Bertz CT molecular complexity index is 856. The molecule has 0 saturated carbocycles. The van der Waals surface area contributed by atoms with Gasteiger partial charge in [0.2, 0.25) is 0 Å². The van der Waals surface area contributed by atoms with E-state index in [1.54, 1.807) is 21.3 Å². The molecule has 4 nitrogen and oxygen atoms in total. The van der Waals surface area contributed by atoms with Gasteiger partial charge in [-0.1, -0.05) is 31.2 Å². The average molecular weight is 355 g/mol. The van der Waals surface area contributed by atoms with E-state index in [1.807, 2.05) is 12.1 Å². The second-order valence-electron chi connectivity index (χ2n) is 5.54. The lowest BCUT2D eigenvalue weighted by Gasteiger charge is -2.14. The van der Waals surface area contributed by atoms with E-state index in [0.29, 0.717) is 17.2 Å². The molecule has 0 radical (unpaired) electrons. The molecular weight excluding hydrogens is 334 g/mol. The maximum absolute atomic E-state index is 5.60. The lowest BCUT2D eigenvalue weighted by atomic mass is 9.99. The summed E-state index contributed by atoms with van der Waals surface area (Å²) in [4.78, 5) is 0. The van der Waals surface area contributed by atoms with Gasteiger partial charge in [0.15, 0.2) is 11.5 Å². The smallest absolute Gasteiger partial charge is 0.170 e. The summed E-state index contributed by atoms with van der Waals surface area (Å²) >= 11 is 1.42. The Morgan fingerprint density at radius 1 is 0.920 bits per heavy atom. The third kappa shape index (κ3) is 3.33. The normalized spacial score (nSPS) is 10.6. The zero-order chi connectivity index (χ0) is 17.8. The predicted octanol–water partition coefficient (Wildman–Crippen LogP) is 5.07. The van der Waals surface area contributed by atoms with Gasteiger partial charge >= 0.3 is 0 Å². The van der Waals surface area contributed by atoms with Crippen LogP contribution in [0, 0.1) is 0 Å². The molecule has 25 heavy (non-hydrogen) atoms. The van der Waals surface area contributed by atoms with E-state index in [2.05, 4.69) is 40.9 Å². The average Bonchev–Trinajstić information content (AvgIpc) is 3.16. The van der Waals surface area contributed by atoms with Crippen LogP contribution in [0.3, 0.4) is 0 Å². The van der Waals surface area contributed by atoms with E-state index >= 15 is 0 Å². The van der Waals surface area contributed by atoms with Gasteiger partial charge in [0.25, 0.3) is 0 Å². The Kier molecular flexibility index (Phi) is 5.24. The van der Waals surface area contributed by atoms with Crippen LogP contribution in [0.2, 0.25) is 0 Å². The first kappa shape index (κ1) is 17.3. The van der Waals surface area contributed by atoms with Crippen molar-refractivity contribution in [1.29, 1.82) is 0 Å². The number of methoxy groups -OCH3 is 3. The topological polar surface area (TPSA) is 40.6 Å². The van der Waals surface area contributed by atoms with E-state index < -0.39 is 0 Å². The predicted molar refractivity (Wildman–Crippen MR) is 102 cm³/mol. The Morgan fingerprint density at radius 2 is 1.68 bits per heavy atom. The van der Waals surface area contributed by atoms with Crippen LogP contribution in [-0.4, -0.2) is 25.7 Å². The first-order valence-electron chi connectivity index (χ1n) is 8.05. The first-order valence-corrected chi connectivity index (χ1v) is 8.89. The standard InChI is InChI=1S/C20H21NO3S/c1-5-13-6-8-14(9-7-13)17-12-25-21-19(17)16-10-15(22-2)11-18(23-3)20(16)24-4/h6-12H,5H2,1-4H3. The lowest BCUT2D eigenvalue weighted by Crippen LogP contribution is -1.96. The Hall–Kier alpha value is -2.53. The third-order valence-corrected chi connectivity index (χ3v) is 4.82. The van der Waals surface area contributed by atoms with Crippen molar-refractivity contribution in [3.63, 3.8) is 0 Å². The van der Waals surface area contributed by atoms with Crippen LogP contribution in [-0.2, 0) is 6.42 Å². The molecule has 0 aliphatic carbocycles. The molecule has 5 heteroatoms.